The number of rotatable bonds is 8. The van der Waals surface area contributed by atoms with Crippen molar-refractivity contribution >= 4 is 35.1 Å². The first-order valence-electron chi connectivity index (χ1n) is 9.90. The molecule has 28 heavy (non-hydrogen) atoms. The minimum atomic E-state index is -0.0690. The molecule has 2 bridgehead atoms. The molecule has 4 unspecified atom stereocenters. The van der Waals surface area contributed by atoms with Crippen molar-refractivity contribution in [2.24, 2.45) is 17.8 Å². The van der Waals surface area contributed by atoms with Crippen molar-refractivity contribution in [2.45, 2.75) is 45.1 Å². The number of hydrogen-bond acceptors (Lipinski definition) is 4. The Bertz CT molecular complexity index is 726. The summed E-state index contributed by atoms with van der Waals surface area (Å²) in [5.74, 6) is 1.39. The van der Waals surface area contributed by atoms with Gasteiger partial charge in [-0.2, -0.15) is 0 Å². The van der Waals surface area contributed by atoms with E-state index in [1.807, 2.05) is 18.9 Å². The van der Waals surface area contributed by atoms with Crippen molar-refractivity contribution in [2.75, 3.05) is 20.3 Å². The van der Waals surface area contributed by atoms with Crippen molar-refractivity contribution in [3.8, 4) is 5.75 Å². The van der Waals surface area contributed by atoms with Crippen LogP contribution in [0.25, 0.3) is 0 Å². The monoisotopic (exact) mass is 427 g/mol. The molecule has 0 aliphatic heterocycles. The number of nitrogens with zero attached hydrogens (tertiary/aromatic N) is 1. The molecule has 0 saturated heterocycles. The topological polar surface area (TPSA) is 55.8 Å². The molecule has 5 nitrogen and oxygen atoms in total. The molecule has 0 heterocycles. The quantitative estimate of drug-likeness (QED) is 0.449. The SMILES string of the molecule is CCOC(=O)C1CC2CC1CC2N(C)C(=O)CCCOc1ccc(Cl)cc1Cl. The second-order valence-corrected chi connectivity index (χ2v) is 8.53. The summed E-state index contributed by atoms with van der Waals surface area (Å²) >= 11 is 11.9. The maximum atomic E-state index is 12.6. The molecule has 1 aromatic carbocycles. The van der Waals surface area contributed by atoms with Crippen LogP contribution < -0.4 is 4.74 Å². The van der Waals surface area contributed by atoms with E-state index in [4.69, 9.17) is 32.7 Å². The fraction of sp³-hybridized carbons (Fsp3) is 0.619. The van der Waals surface area contributed by atoms with Crippen LogP contribution in [0.2, 0.25) is 10.0 Å². The minimum Gasteiger partial charge on any atom is -0.492 e. The van der Waals surface area contributed by atoms with Gasteiger partial charge in [0.1, 0.15) is 5.75 Å². The summed E-state index contributed by atoms with van der Waals surface area (Å²) in [5.41, 5.74) is 0. The summed E-state index contributed by atoms with van der Waals surface area (Å²) in [5, 5.41) is 1.03. The van der Waals surface area contributed by atoms with E-state index in [1.54, 1.807) is 18.2 Å². The predicted molar refractivity (Wildman–Crippen MR) is 109 cm³/mol. The van der Waals surface area contributed by atoms with Crippen LogP contribution in [0.5, 0.6) is 5.75 Å². The Hall–Kier alpha value is -1.46. The molecule has 7 heteroatoms. The van der Waals surface area contributed by atoms with Gasteiger partial charge in [-0.1, -0.05) is 23.2 Å². The number of amides is 1. The second kappa shape index (κ2) is 9.36. The minimum absolute atomic E-state index is 0.0160. The highest BCUT2D eigenvalue weighted by atomic mass is 35.5. The number of ether oxygens (including phenoxy) is 2. The van der Waals surface area contributed by atoms with E-state index < -0.39 is 0 Å². The van der Waals surface area contributed by atoms with E-state index >= 15 is 0 Å². The first-order valence-corrected chi connectivity index (χ1v) is 10.7. The molecule has 2 aliphatic carbocycles. The fourth-order valence-corrected chi connectivity index (χ4v) is 5.08. The predicted octanol–water partition coefficient (Wildman–Crippen LogP) is 4.59. The summed E-state index contributed by atoms with van der Waals surface area (Å²) in [6, 6.07) is 5.32. The van der Waals surface area contributed by atoms with Gasteiger partial charge in [-0.3, -0.25) is 9.59 Å². The van der Waals surface area contributed by atoms with Crippen molar-refractivity contribution in [1.29, 1.82) is 0 Å². The van der Waals surface area contributed by atoms with Crippen molar-refractivity contribution < 1.29 is 19.1 Å². The highest BCUT2D eigenvalue weighted by Crippen LogP contribution is 2.50. The third-order valence-electron chi connectivity index (χ3n) is 5.99. The van der Waals surface area contributed by atoms with Crippen LogP contribution in [0.15, 0.2) is 18.2 Å². The third-order valence-corrected chi connectivity index (χ3v) is 6.52. The first kappa shape index (κ1) is 21.3. The standard InChI is InChI=1S/C21H27Cl2NO4/c1-3-27-21(26)16-10-14-9-13(16)11-18(14)24(2)20(25)5-4-8-28-19-7-6-15(22)12-17(19)23/h6-7,12-14,16,18H,3-5,8-11H2,1-2H3. The third kappa shape index (κ3) is 4.74. The average molecular weight is 428 g/mol. The van der Waals surface area contributed by atoms with E-state index in [2.05, 4.69) is 0 Å². The highest BCUT2D eigenvalue weighted by molar-refractivity contribution is 6.35. The number of hydrogen-bond donors (Lipinski definition) is 0. The van der Waals surface area contributed by atoms with Crippen LogP contribution in [0.1, 0.15) is 39.0 Å². The Balaban J connectivity index is 1.41. The molecule has 0 aromatic heterocycles. The van der Waals surface area contributed by atoms with E-state index in [0.717, 1.165) is 19.3 Å². The van der Waals surface area contributed by atoms with Gasteiger partial charge >= 0.3 is 5.97 Å². The van der Waals surface area contributed by atoms with Gasteiger partial charge in [0.15, 0.2) is 0 Å². The smallest absolute Gasteiger partial charge is 0.309 e. The van der Waals surface area contributed by atoms with Crippen LogP contribution in [0, 0.1) is 17.8 Å². The fourth-order valence-electron chi connectivity index (χ4n) is 4.62. The van der Waals surface area contributed by atoms with E-state index in [9.17, 15) is 9.59 Å². The van der Waals surface area contributed by atoms with Gasteiger partial charge in [0.05, 0.1) is 24.2 Å². The molecule has 2 saturated carbocycles. The average Bonchev–Trinajstić information content (AvgIpc) is 3.27. The largest absolute Gasteiger partial charge is 0.492 e. The number of esters is 1. The lowest BCUT2D eigenvalue weighted by Gasteiger charge is -2.33. The Morgan fingerprint density at radius 3 is 2.61 bits per heavy atom. The van der Waals surface area contributed by atoms with Crippen LogP contribution in [-0.2, 0) is 14.3 Å². The summed E-state index contributed by atoms with van der Waals surface area (Å²) in [6.45, 7) is 2.69. The van der Waals surface area contributed by atoms with Crippen molar-refractivity contribution in [1.82, 2.24) is 4.90 Å². The Morgan fingerprint density at radius 1 is 1.18 bits per heavy atom. The molecule has 1 aromatic rings. The summed E-state index contributed by atoms with van der Waals surface area (Å²) in [7, 11) is 1.88. The normalized spacial score (nSPS) is 25.6. The van der Waals surface area contributed by atoms with Gasteiger partial charge in [0.25, 0.3) is 0 Å². The zero-order chi connectivity index (χ0) is 20.3. The van der Waals surface area contributed by atoms with Gasteiger partial charge in [-0.25, -0.2) is 0 Å². The molecule has 3 rings (SSSR count). The van der Waals surface area contributed by atoms with Gasteiger partial charge in [-0.05, 0) is 62.6 Å². The first-order chi connectivity index (χ1) is 13.4. The maximum absolute atomic E-state index is 12.6. The lowest BCUT2D eigenvalue weighted by atomic mass is 9.85. The van der Waals surface area contributed by atoms with E-state index in [0.29, 0.717) is 53.7 Å². The van der Waals surface area contributed by atoms with Crippen molar-refractivity contribution in [3.63, 3.8) is 0 Å². The molecule has 0 spiro atoms. The molecular weight excluding hydrogens is 401 g/mol. The van der Waals surface area contributed by atoms with E-state index in [-0.39, 0.29) is 23.8 Å². The maximum Gasteiger partial charge on any atom is 0.309 e. The van der Waals surface area contributed by atoms with Gasteiger partial charge in [0.2, 0.25) is 5.91 Å². The Kier molecular flexibility index (Phi) is 7.10. The van der Waals surface area contributed by atoms with Crippen LogP contribution in [-0.4, -0.2) is 43.1 Å². The number of benzene rings is 1. The summed E-state index contributed by atoms with van der Waals surface area (Å²) in [4.78, 5) is 26.5. The highest BCUT2D eigenvalue weighted by Gasteiger charge is 2.50. The van der Waals surface area contributed by atoms with E-state index in [1.165, 1.54) is 0 Å². The second-order valence-electron chi connectivity index (χ2n) is 7.68. The number of fused-ring (bicyclic) bond motifs is 2. The molecule has 0 radical (unpaired) electrons. The van der Waals surface area contributed by atoms with Crippen molar-refractivity contribution in [3.05, 3.63) is 28.2 Å². The van der Waals surface area contributed by atoms with Gasteiger partial charge in [-0.15, -0.1) is 0 Å². The number of carbonyl (C=O) groups excluding carboxylic acids is 2. The number of halogens is 2. The van der Waals surface area contributed by atoms with Crippen LogP contribution in [0.3, 0.4) is 0 Å². The zero-order valence-electron chi connectivity index (χ0n) is 16.3. The molecule has 154 valence electrons. The van der Waals surface area contributed by atoms with Gasteiger partial charge < -0.3 is 14.4 Å². The molecule has 2 fully saturated rings. The van der Waals surface area contributed by atoms with Crippen LogP contribution in [0.4, 0.5) is 0 Å². The van der Waals surface area contributed by atoms with Crippen LogP contribution >= 0.6 is 23.2 Å². The lowest BCUT2D eigenvalue weighted by Crippen LogP contribution is -2.42. The van der Waals surface area contributed by atoms with Gasteiger partial charge in [0, 0.05) is 24.5 Å². The molecular formula is C21H27Cl2NO4. The lowest BCUT2D eigenvalue weighted by molar-refractivity contribution is -0.150. The Labute approximate surface area is 176 Å². The molecule has 2 aliphatic rings. The molecule has 1 amide bonds. The zero-order valence-corrected chi connectivity index (χ0v) is 17.8. The molecule has 4 atom stereocenters. The summed E-state index contributed by atoms with van der Waals surface area (Å²) < 4.78 is 10.8. The molecule has 0 N–H and O–H groups in total. The Morgan fingerprint density at radius 2 is 1.96 bits per heavy atom. The summed E-state index contributed by atoms with van der Waals surface area (Å²) in [6.07, 6.45) is 3.80. The number of carbonyl (C=O) groups is 2.